The number of Topliss-reactive ketones (excluding diaryl/α,β-unsaturated/α-hetero) is 1. The van der Waals surface area contributed by atoms with Gasteiger partial charge in [-0.05, 0) is 67.9 Å². The number of carbonyl (C=O) groups is 4. The van der Waals surface area contributed by atoms with E-state index in [9.17, 15) is 27.6 Å². The maximum Gasteiger partial charge on any atom is 0.306 e. The third-order valence-electron chi connectivity index (χ3n) is 10.3. The number of hydrogen-bond donors (Lipinski definition) is 1. The largest absolute Gasteiger partial charge is 0.466 e. The number of nitrogens with zero attached hydrogens (tertiary/aromatic N) is 1. The van der Waals surface area contributed by atoms with Crippen molar-refractivity contribution in [3.8, 4) is 11.8 Å². The highest BCUT2D eigenvalue weighted by atomic mass is 32.2. The lowest BCUT2D eigenvalue weighted by molar-refractivity contribution is -0.153. The molecule has 2 aliphatic heterocycles. The third kappa shape index (κ3) is 9.12. The molecule has 1 aromatic carbocycles. The normalized spacial score (nSPS) is 28.9. The molecule has 4 aliphatic rings. The molecule has 270 valence electrons. The third-order valence-corrected chi connectivity index (χ3v) is 12.2. The number of sulfonamides is 1. The molecule has 5 rings (SSSR count). The van der Waals surface area contributed by atoms with Gasteiger partial charge in [0.15, 0.2) is 5.78 Å². The minimum atomic E-state index is -3.82. The molecule has 0 radical (unpaired) electrons. The average molecular weight is 707 g/mol. The molecular weight excluding hydrogens is 657 g/mol. The topological polar surface area (TPSA) is 136 Å². The lowest BCUT2D eigenvalue weighted by Crippen LogP contribution is -2.48. The first-order valence-electron chi connectivity index (χ1n) is 17.8. The SMILES string of the molecule is C=C[C@@H]1C[C@]1(CC(=O)[C@@H]1C[C@@H]2CN1C(=O)[C@H](C(C)(C)C)CC(=O)OCCCCC/C=C/c1ccccc1C#CCO2)C(=O)NS(=O)(=O)C1CC1. The van der Waals surface area contributed by atoms with Crippen molar-refractivity contribution in [1.82, 2.24) is 9.62 Å². The predicted molar refractivity (Wildman–Crippen MR) is 190 cm³/mol. The van der Waals surface area contributed by atoms with Gasteiger partial charge in [-0.3, -0.25) is 23.9 Å². The van der Waals surface area contributed by atoms with E-state index in [1.165, 1.54) is 4.90 Å². The molecule has 1 aromatic rings. The van der Waals surface area contributed by atoms with Crippen LogP contribution in [-0.2, 0) is 38.7 Å². The van der Waals surface area contributed by atoms with Crippen LogP contribution in [0.2, 0.25) is 0 Å². The minimum Gasteiger partial charge on any atom is -0.466 e. The molecule has 2 bridgehead atoms. The molecular formula is C39H50N2O8S. The second-order valence-electron chi connectivity index (χ2n) is 15.2. The van der Waals surface area contributed by atoms with E-state index in [1.54, 1.807) is 6.08 Å². The summed E-state index contributed by atoms with van der Waals surface area (Å²) in [7, 11) is -3.82. The molecule has 0 unspecified atom stereocenters. The first kappa shape index (κ1) is 37.5. The van der Waals surface area contributed by atoms with Crippen LogP contribution in [0.25, 0.3) is 6.08 Å². The summed E-state index contributed by atoms with van der Waals surface area (Å²) in [4.78, 5) is 56.5. The van der Waals surface area contributed by atoms with E-state index in [2.05, 4.69) is 35.3 Å². The second kappa shape index (κ2) is 15.6. The van der Waals surface area contributed by atoms with Crippen molar-refractivity contribution in [2.75, 3.05) is 19.8 Å². The molecule has 2 aliphatic carbocycles. The number of allylic oxidation sites excluding steroid dienone is 2. The Morgan fingerprint density at radius 3 is 2.60 bits per heavy atom. The van der Waals surface area contributed by atoms with Gasteiger partial charge in [-0.1, -0.05) is 69.0 Å². The first-order chi connectivity index (χ1) is 23.7. The van der Waals surface area contributed by atoms with Crippen LogP contribution in [0.1, 0.15) is 96.1 Å². The molecule has 1 N–H and O–H groups in total. The number of carbonyl (C=O) groups excluding carboxylic acids is 4. The fraction of sp³-hybridized carbons (Fsp3) is 0.590. The molecule has 2 saturated carbocycles. The summed E-state index contributed by atoms with van der Waals surface area (Å²) in [6.45, 7) is 9.89. The maximum absolute atomic E-state index is 14.4. The highest BCUT2D eigenvalue weighted by Crippen LogP contribution is 2.57. The van der Waals surface area contributed by atoms with Crippen LogP contribution >= 0.6 is 0 Å². The van der Waals surface area contributed by atoms with Crippen LogP contribution < -0.4 is 4.72 Å². The van der Waals surface area contributed by atoms with Crippen LogP contribution in [0, 0.1) is 34.5 Å². The number of hydrogen-bond acceptors (Lipinski definition) is 8. The quantitative estimate of drug-likeness (QED) is 0.239. The number of rotatable bonds is 7. The summed E-state index contributed by atoms with van der Waals surface area (Å²) in [6, 6.07) is 6.91. The zero-order valence-electron chi connectivity index (χ0n) is 29.4. The van der Waals surface area contributed by atoms with E-state index in [0.29, 0.717) is 19.3 Å². The highest BCUT2D eigenvalue weighted by molar-refractivity contribution is 7.90. The minimum absolute atomic E-state index is 0.0740. The van der Waals surface area contributed by atoms with Crippen LogP contribution in [-0.4, -0.2) is 74.0 Å². The number of esters is 1. The van der Waals surface area contributed by atoms with E-state index in [1.807, 2.05) is 45.0 Å². The Morgan fingerprint density at radius 2 is 1.90 bits per heavy atom. The molecule has 11 heteroatoms. The number of ketones is 1. The summed E-state index contributed by atoms with van der Waals surface area (Å²) >= 11 is 0. The van der Waals surface area contributed by atoms with Crippen molar-refractivity contribution in [1.29, 1.82) is 0 Å². The van der Waals surface area contributed by atoms with Crippen LogP contribution in [0.15, 0.2) is 43.0 Å². The molecule has 0 aromatic heterocycles. The van der Waals surface area contributed by atoms with Gasteiger partial charge in [-0.15, -0.1) is 6.58 Å². The van der Waals surface area contributed by atoms with Crippen molar-refractivity contribution in [2.24, 2.45) is 22.7 Å². The molecule has 1 saturated heterocycles. The van der Waals surface area contributed by atoms with Crippen molar-refractivity contribution in [2.45, 2.75) is 102 Å². The number of amides is 2. The van der Waals surface area contributed by atoms with E-state index in [0.717, 1.165) is 30.4 Å². The van der Waals surface area contributed by atoms with Gasteiger partial charge >= 0.3 is 5.97 Å². The van der Waals surface area contributed by atoms with E-state index in [-0.39, 0.29) is 63.1 Å². The number of benzene rings is 1. The second-order valence-corrected chi connectivity index (χ2v) is 17.1. The summed E-state index contributed by atoms with van der Waals surface area (Å²) in [5, 5.41) is -0.591. The molecule has 3 fully saturated rings. The number of cyclic esters (lactones) is 1. The first-order valence-corrected chi connectivity index (χ1v) is 19.3. The monoisotopic (exact) mass is 706 g/mol. The molecule has 5 atom stereocenters. The summed E-state index contributed by atoms with van der Waals surface area (Å²) in [5.74, 6) is 3.24. The molecule has 10 nitrogen and oxygen atoms in total. The molecule has 2 heterocycles. The Morgan fingerprint density at radius 1 is 1.14 bits per heavy atom. The Balaban J connectivity index is 1.40. The van der Waals surface area contributed by atoms with Gasteiger partial charge in [0.25, 0.3) is 0 Å². The number of fused-ring (bicyclic) bond motifs is 3. The standard InChI is InChI=1S/C39H50N2O8S/c1-5-29-24-39(29,37(45)40-50(46,47)31-18-19-31)25-34(42)33-22-30-26-41(33)36(44)32(38(2,3)4)23-35(43)49-20-12-8-6-7-9-14-27-15-10-11-16-28(27)17-13-21-48-30/h5,9-11,14-16,29-33H,1,6-8,12,18-26H2,2-4H3,(H,40,45)/b14-9+/t29-,30-,32-,33+,39-/m1/s1. The van der Waals surface area contributed by atoms with Crippen LogP contribution in [0.4, 0.5) is 0 Å². The fourth-order valence-corrected chi connectivity index (χ4v) is 8.33. The zero-order valence-corrected chi connectivity index (χ0v) is 30.3. The lowest BCUT2D eigenvalue weighted by Gasteiger charge is -2.34. The van der Waals surface area contributed by atoms with Gasteiger partial charge in [0.2, 0.25) is 21.8 Å². The van der Waals surface area contributed by atoms with E-state index >= 15 is 0 Å². The number of nitrogens with one attached hydrogen (secondary N) is 1. The number of ether oxygens (including phenoxy) is 2. The average Bonchev–Trinajstić information content (AvgIpc) is 3.99. The predicted octanol–water partition coefficient (Wildman–Crippen LogP) is 4.97. The van der Waals surface area contributed by atoms with Gasteiger partial charge in [0.05, 0.1) is 41.8 Å². The van der Waals surface area contributed by atoms with Crippen molar-refractivity contribution in [3.05, 3.63) is 54.1 Å². The van der Waals surface area contributed by atoms with Crippen LogP contribution in [0.3, 0.4) is 0 Å². The zero-order chi connectivity index (χ0) is 36.1. The van der Waals surface area contributed by atoms with Gasteiger partial charge in [0.1, 0.15) is 6.61 Å². The molecule has 50 heavy (non-hydrogen) atoms. The van der Waals surface area contributed by atoms with Gasteiger partial charge in [-0.2, -0.15) is 0 Å². The Labute approximate surface area is 296 Å². The van der Waals surface area contributed by atoms with Crippen molar-refractivity contribution >= 4 is 39.7 Å². The summed E-state index contributed by atoms with van der Waals surface area (Å²) in [5.41, 5.74) is -0.0243. The van der Waals surface area contributed by atoms with Gasteiger partial charge in [0, 0.05) is 24.9 Å². The van der Waals surface area contributed by atoms with Crippen molar-refractivity contribution < 1.29 is 37.1 Å². The van der Waals surface area contributed by atoms with Crippen molar-refractivity contribution in [3.63, 3.8) is 0 Å². The van der Waals surface area contributed by atoms with Gasteiger partial charge < -0.3 is 14.4 Å². The van der Waals surface area contributed by atoms with E-state index in [4.69, 9.17) is 9.47 Å². The van der Waals surface area contributed by atoms with E-state index < -0.39 is 56.0 Å². The molecule has 2 amide bonds. The van der Waals surface area contributed by atoms with Gasteiger partial charge in [-0.25, -0.2) is 8.42 Å². The Bertz CT molecular complexity index is 1680. The smallest absolute Gasteiger partial charge is 0.306 e. The fourth-order valence-electron chi connectivity index (χ4n) is 6.95. The summed E-state index contributed by atoms with van der Waals surface area (Å²) < 4.78 is 39.2. The van der Waals surface area contributed by atoms with Crippen LogP contribution in [0.5, 0.6) is 0 Å². The molecule has 0 spiro atoms. The maximum atomic E-state index is 14.4. The Kier molecular flexibility index (Phi) is 11.7. The highest BCUT2D eigenvalue weighted by Gasteiger charge is 2.61. The summed E-state index contributed by atoms with van der Waals surface area (Å²) in [6.07, 6.45) is 9.74. The Hall–Kier alpha value is -3.75. The lowest BCUT2D eigenvalue weighted by atomic mass is 9.77.